The number of para-hydroxylation sites is 1. The highest BCUT2D eigenvalue weighted by Crippen LogP contribution is 2.21. The van der Waals surface area contributed by atoms with Gasteiger partial charge in [-0.05, 0) is 25.5 Å². The van der Waals surface area contributed by atoms with E-state index in [9.17, 15) is 14.7 Å². The van der Waals surface area contributed by atoms with E-state index in [2.05, 4.69) is 10.4 Å². The Bertz CT molecular complexity index is 961. The van der Waals surface area contributed by atoms with Crippen molar-refractivity contribution in [3.63, 3.8) is 0 Å². The van der Waals surface area contributed by atoms with E-state index < -0.39 is 18.5 Å². The van der Waals surface area contributed by atoms with Crippen LogP contribution in [0.1, 0.15) is 20.9 Å². The molecule has 0 unspecified atom stereocenters. The molecular weight excluding hydrogens is 354 g/mol. The molecule has 0 atom stereocenters. The third-order valence-corrected chi connectivity index (χ3v) is 4.46. The molecule has 0 fully saturated rings. The summed E-state index contributed by atoms with van der Waals surface area (Å²) in [4.78, 5) is 24.2. The lowest BCUT2D eigenvalue weighted by Gasteiger charge is -2.11. The minimum atomic E-state index is -0.658. The second kappa shape index (κ2) is 7.40. The Morgan fingerprint density at radius 1 is 1.27 bits per heavy atom. The first kappa shape index (κ1) is 17.7. The number of nitrogens with zero attached hydrogens (tertiary/aromatic N) is 2. The Balaban J connectivity index is 1.68. The van der Waals surface area contributed by atoms with Gasteiger partial charge in [0.15, 0.2) is 6.61 Å². The monoisotopic (exact) mass is 371 g/mol. The zero-order valence-electron chi connectivity index (χ0n) is 14.2. The summed E-state index contributed by atoms with van der Waals surface area (Å²) in [5, 5.41) is 17.8. The summed E-state index contributed by atoms with van der Waals surface area (Å²) in [6.45, 7) is 3.35. The maximum atomic E-state index is 12.2. The number of anilines is 1. The highest BCUT2D eigenvalue weighted by Gasteiger charge is 2.15. The molecule has 0 spiro atoms. The van der Waals surface area contributed by atoms with Crippen LogP contribution in [-0.4, -0.2) is 33.4 Å². The van der Waals surface area contributed by atoms with Gasteiger partial charge in [-0.25, -0.2) is 9.48 Å². The Kier molecular flexibility index (Phi) is 5.04. The number of hydrogen-bond acceptors (Lipinski definition) is 6. The van der Waals surface area contributed by atoms with Crippen molar-refractivity contribution in [3.8, 4) is 11.4 Å². The molecule has 2 heterocycles. The zero-order valence-corrected chi connectivity index (χ0v) is 15.0. The van der Waals surface area contributed by atoms with Crippen LogP contribution < -0.4 is 5.32 Å². The summed E-state index contributed by atoms with van der Waals surface area (Å²) >= 11 is 1.05. The normalized spacial score (nSPS) is 10.5. The molecule has 0 aliphatic heterocycles. The molecule has 1 amide bonds. The quantitative estimate of drug-likeness (QED) is 0.673. The number of nitrogens with one attached hydrogen (secondary N) is 1. The number of amides is 1. The molecule has 3 aromatic rings. The van der Waals surface area contributed by atoms with Gasteiger partial charge < -0.3 is 15.2 Å². The van der Waals surface area contributed by atoms with E-state index in [1.165, 1.54) is 11.4 Å². The number of ether oxygens (including phenoxy) is 1. The lowest BCUT2D eigenvalue weighted by Crippen LogP contribution is -2.22. The number of carbonyl (C=O) groups excluding carboxylic acids is 2. The molecule has 2 aromatic heterocycles. The fourth-order valence-corrected chi connectivity index (χ4v) is 3.05. The van der Waals surface area contributed by atoms with Crippen LogP contribution >= 0.6 is 11.3 Å². The van der Waals surface area contributed by atoms with Crippen molar-refractivity contribution >= 4 is 29.0 Å². The van der Waals surface area contributed by atoms with Crippen LogP contribution in [0.5, 0.6) is 5.75 Å². The number of esters is 1. The van der Waals surface area contributed by atoms with Gasteiger partial charge in [-0.3, -0.25) is 4.79 Å². The number of rotatable bonds is 5. The zero-order chi connectivity index (χ0) is 18.7. The molecular formula is C18H17N3O4S. The fraction of sp³-hybridized carbons (Fsp3) is 0.167. The molecule has 2 N–H and O–H groups in total. The minimum Gasteiger partial charge on any atom is -0.507 e. The summed E-state index contributed by atoms with van der Waals surface area (Å²) in [5.74, 6) is -0.654. The van der Waals surface area contributed by atoms with Gasteiger partial charge in [-0.2, -0.15) is 5.10 Å². The predicted molar refractivity (Wildman–Crippen MR) is 97.9 cm³/mol. The number of carbonyl (C=O) groups is 2. The second-order valence-corrected chi connectivity index (χ2v) is 6.57. The van der Waals surface area contributed by atoms with Crippen molar-refractivity contribution in [2.75, 3.05) is 11.9 Å². The van der Waals surface area contributed by atoms with Crippen molar-refractivity contribution in [1.82, 2.24) is 9.78 Å². The third kappa shape index (κ3) is 3.92. The number of hydrogen-bond donors (Lipinski definition) is 2. The van der Waals surface area contributed by atoms with E-state index in [0.717, 1.165) is 28.3 Å². The van der Waals surface area contributed by atoms with Crippen molar-refractivity contribution in [2.45, 2.75) is 13.8 Å². The molecule has 0 saturated carbocycles. The molecule has 26 heavy (non-hydrogen) atoms. The van der Waals surface area contributed by atoms with Crippen LogP contribution in [0.15, 0.2) is 41.8 Å². The van der Waals surface area contributed by atoms with Crippen molar-refractivity contribution in [2.24, 2.45) is 0 Å². The highest BCUT2D eigenvalue weighted by atomic mass is 32.1. The Hall–Kier alpha value is -3.13. The van der Waals surface area contributed by atoms with Gasteiger partial charge >= 0.3 is 5.97 Å². The van der Waals surface area contributed by atoms with Gasteiger partial charge in [0.2, 0.25) is 0 Å². The summed E-state index contributed by atoms with van der Waals surface area (Å²) < 4.78 is 6.61. The molecule has 0 bridgehead atoms. The minimum absolute atomic E-state index is 0.0102. The van der Waals surface area contributed by atoms with E-state index in [-0.39, 0.29) is 10.6 Å². The summed E-state index contributed by atoms with van der Waals surface area (Å²) in [6, 6.07) is 10.7. The standard InChI is InChI=1S/C18H17N3O4S/c1-11-5-3-4-6-14(11)21-16(7-12(2)20-21)19-17(23)9-25-18(24)15-8-13(22)10-26-15/h3-8,10,22H,9H2,1-2H3,(H,19,23). The average molecular weight is 371 g/mol. The maximum Gasteiger partial charge on any atom is 0.348 e. The van der Waals surface area contributed by atoms with E-state index in [1.54, 1.807) is 10.7 Å². The van der Waals surface area contributed by atoms with Crippen LogP contribution in [0.4, 0.5) is 5.82 Å². The molecule has 0 aliphatic carbocycles. The number of aromatic nitrogens is 2. The Morgan fingerprint density at radius 2 is 2.04 bits per heavy atom. The van der Waals surface area contributed by atoms with E-state index in [0.29, 0.717) is 5.82 Å². The molecule has 134 valence electrons. The number of aromatic hydroxyl groups is 1. The molecule has 0 saturated heterocycles. The van der Waals surface area contributed by atoms with Gasteiger partial charge in [-0.15, -0.1) is 11.3 Å². The van der Waals surface area contributed by atoms with E-state index >= 15 is 0 Å². The lowest BCUT2D eigenvalue weighted by molar-refractivity contribution is -0.119. The van der Waals surface area contributed by atoms with Gasteiger partial charge in [-0.1, -0.05) is 18.2 Å². The van der Waals surface area contributed by atoms with E-state index in [1.807, 2.05) is 38.1 Å². The molecule has 7 nitrogen and oxygen atoms in total. The first-order chi connectivity index (χ1) is 12.4. The summed E-state index contributed by atoms with van der Waals surface area (Å²) in [6.07, 6.45) is 0. The smallest absolute Gasteiger partial charge is 0.348 e. The van der Waals surface area contributed by atoms with Gasteiger partial charge in [0, 0.05) is 17.5 Å². The van der Waals surface area contributed by atoms with Crippen molar-refractivity contribution in [3.05, 3.63) is 57.9 Å². The number of benzene rings is 1. The SMILES string of the molecule is Cc1cc(NC(=O)COC(=O)c2cc(O)cs2)n(-c2ccccc2C)n1. The van der Waals surface area contributed by atoms with Gasteiger partial charge in [0.25, 0.3) is 5.91 Å². The predicted octanol–water partition coefficient (Wildman–Crippen LogP) is 3.05. The molecule has 0 radical (unpaired) electrons. The molecule has 1 aromatic carbocycles. The van der Waals surface area contributed by atoms with Gasteiger partial charge in [0.1, 0.15) is 16.4 Å². The first-order valence-electron chi connectivity index (χ1n) is 7.81. The Labute approximate surface area is 153 Å². The largest absolute Gasteiger partial charge is 0.507 e. The Morgan fingerprint density at radius 3 is 2.73 bits per heavy atom. The molecule has 8 heteroatoms. The second-order valence-electron chi connectivity index (χ2n) is 5.66. The third-order valence-electron chi connectivity index (χ3n) is 3.56. The van der Waals surface area contributed by atoms with Crippen LogP contribution in [0.25, 0.3) is 5.69 Å². The van der Waals surface area contributed by atoms with Crippen molar-refractivity contribution < 1.29 is 19.4 Å². The number of aryl methyl sites for hydroxylation is 2. The lowest BCUT2D eigenvalue weighted by atomic mass is 10.2. The van der Waals surface area contributed by atoms with Crippen LogP contribution in [0, 0.1) is 13.8 Å². The van der Waals surface area contributed by atoms with Crippen LogP contribution in [0.2, 0.25) is 0 Å². The van der Waals surface area contributed by atoms with Crippen molar-refractivity contribution in [1.29, 1.82) is 0 Å². The summed E-state index contributed by atoms with van der Waals surface area (Å²) in [7, 11) is 0. The molecule has 0 aliphatic rings. The summed E-state index contributed by atoms with van der Waals surface area (Å²) in [5.41, 5.74) is 2.60. The first-order valence-corrected chi connectivity index (χ1v) is 8.69. The van der Waals surface area contributed by atoms with Gasteiger partial charge in [0.05, 0.1) is 11.4 Å². The molecule has 3 rings (SSSR count). The number of thiophene rings is 1. The fourth-order valence-electron chi connectivity index (χ4n) is 2.39. The highest BCUT2D eigenvalue weighted by molar-refractivity contribution is 7.12. The average Bonchev–Trinajstić information content (AvgIpc) is 3.19. The van der Waals surface area contributed by atoms with Crippen LogP contribution in [0.3, 0.4) is 0 Å². The maximum absolute atomic E-state index is 12.2. The topological polar surface area (TPSA) is 93.5 Å². The van der Waals surface area contributed by atoms with E-state index in [4.69, 9.17) is 4.74 Å². The van der Waals surface area contributed by atoms with Crippen LogP contribution in [-0.2, 0) is 9.53 Å².